The molecule has 2 aromatic rings. The van der Waals surface area contributed by atoms with E-state index in [0.717, 1.165) is 6.42 Å². The highest BCUT2D eigenvalue weighted by Crippen LogP contribution is 2.17. The average Bonchev–Trinajstić information content (AvgIpc) is 2.64. The minimum absolute atomic E-state index is 0.0915. The van der Waals surface area contributed by atoms with Crippen molar-refractivity contribution in [3.8, 4) is 0 Å². The first kappa shape index (κ1) is 20.9. The second kappa shape index (κ2) is 10.7. The zero-order valence-electron chi connectivity index (χ0n) is 15.7. The smallest absolute Gasteiger partial charge is 0.238 e. The third-order valence-corrected chi connectivity index (χ3v) is 4.52. The number of anilines is 1. The number of carbonyl (C=O) groups excluding carboxylic acids is 2. The van der Waals surface area contributed by atoms with E-state index in [-0.39, 0.29) is 30.8 Å². The van der Waals surface area contributed by atoms with Crippen LogP contribution in [0.5, 0.6) is 0 Å². The largest absolute Gasteiger partial charge is 0.354 e. The number of amides is 2. The van der Waals surface area contributed by atoms with Crippen molar-refractivity contribution in [1.82, 2.24) is 10.2 Å². The Morgan fingerprint density at radius 3 is 2.26 bits per heavy atom. The predicted octanol–water partition coefficient (Wildman–Crippen LogP) is 3.52. The van der Waals surface area contributed by atoms with Crippen LogP contribution in [-0.2, 0) is 9.59 Å². The maximum absolute atomic E-state index is 12.2. The molecule has 2 rings (SSSR count). The summed E-state index contributed by atoms with van der Waals surface area (Å²) in [4.78, 5) is 25.9. The highest BCUT2D eigenvalue weighted by Gasteiger charge is 2.14. The molecular formula is C21H26ClN3O2. The number of hydrogen-bond donors (Lipinski definition) is 2. The molecule has 0 heterocycles. The van der Waals surface area contributed by atoms with Crippen molar-refractivity contribution in [2.24, 2.45) is 0 Å². The monoisotopic (exact) mass is 387 g/mol. The number of benzene rings is 2. The Bertz CT molecular complexity index is 735. The van der Waals surface area contributed by atoms with E-state index < -0.39 is 0 Å². The second-order valence-electron chi connectivity index (χ2n) is 6.55. The molecule has 0 saturated heterocycles. The molecule has 27 heavy (non-hydrogen) atoms. The van der Waals surface area contributed by atoms with Crippen molar-refractivity contribution < 1.29 is 9.59 Å². The molecule has 0 spiro atoms. The summed E-state index contributed by atoms with van der Waals surface area (Å²) in [6, 6.07) is 17.1. The molecule has 0 aliphatic heterocycles. The van der Waals surface area contributed by atoms with E-state index in [1.54, 1.807) is 36.2 Å². The molecule has 2 N–H and O–H groups in total. The normalized spacial score (nSPS) is 11.9. The van der Waals surface area contributed by atoms with Crippen LogP contribution in [0.25, 0.3) is 0 Å². The fourth-order valence-corrected chi connectivity index (χ4v) is 2.92. The van der Waals surface area contributed by atoms with E-state index >= 15 is 0 Å². The van der Waals surface area contributed by atoms with Gasteiger partial charge in [0, 0.05) is 23.2 Å². The van der Waals surface area contributed by atoms with E-state index in [1.807, 2.05) is 18.2 Å². The molecule has 0 saturated carbocycles. The van der Waals surface area contributed by atoms with Crippen LogP contribution in [0.15, 0.2) is 54.6 Å². The van der Waals surface area contributed by atoms with Crippen molar-refractivity contribution in [3.63, 3.8) is 0 Å². The molecular weight excluding hydrogens is 362 g/mol. The summed E-state index contributed by atoms with van der Waals surface area (Å²) in [5, 5.41) is 6.36. The Kier molecular flexibility index (Phi) is 8.30. The lowest BCUT2D eigenvalue weighted by Crippen LogP contribution is -2.40. The summed E-state index contributed by atoms with van der Waals surface area (Å²) in [6.07, 6.45) is 0.948. The third kappa shape index (κ3) is 7.41. The molecule has 0 aliphatic rings. The number of likely N-dealkylation sites (N-methyl/N-ethyl adjacent to an activating group) is 1. The molecule has 2 amide bonds. The zero-order chi connectivity index (χ0) is 19.6. The highest BCUT2D eigenvalue weighted by atomic mass is 35.5. The predicted molar refractivity (Wildman–Crippen MR) is 110 cm³/mol. The van der Waals surface area contributed by atoms with E-state index in [2.05, 4.69) is 29.7 Å². The number of rotatable bonds is 9. The Labute approximate surface area is 165 Å². The van der Waals surface area contributed by atoms with Gasteiger partial charge in [0.15, 0.2) is 0 Å². The lowest BCUT2D eigenvalue weighted by atomic mass is 9.96. The van der Waals surface area contributed by atoms with Gasteiger partial charge in [-0.25, -0.2) is 0 Å². The van der Waals surface area contributed by atoms with E-state index in [4.69, 9.17) is 11.6 Å². The van der Waals surface area contributed by atoms with Gasteiger partial charge >= 0.3 is 0 Å². The first-order valence-corrected chi connectivity index (χ1v) is 9.41. The highest BCUT2D eigenvalue weighted by molar-refractivity contribution is 6.30. The maximum atomic E-state index is 12.2. The van der Waals surface area contributed by atoms with Gasteiger partial charge in [-0.2, -0.15) is 0 Å². The SMILES string of the molecule is CC[C@H](CNC(=O)CN(C)CC(=O)Nc1ccc(Cl)cc1)c1ccccc1. The topological polar surface area (TPSA) is 61.4 Å². The van der Waals surface area contributed by atoms with Crippen molar-refractivity contribution in [2.75, 3.05) is 32.0 Å². The average molecular weight is 388 g/mol. The summed E-state index contributed by atoms with van der Waals surface area (Å²) >= 11 is 5.83. The Morgan fingerprint density at radius 1 is 1.00 bits per heavy atom. The lowest BCUT2D eigenvalue weighted by Gasteiger charge is -2.19. The molecule has 1 atom stereocenters. The van der Waals surface area contributed by atoms with Gasteiger partial charge < -0.3 is 10.6 Å². The summed E-state index contributed by atoms with van der Waals surface area (Å²) in [7, 11) is 1.75. The first-order valence-electron chi connectivity index (χ1n) is 9.03. The van der Waals surface area contributed by atoms with Crippen LogP contribution in [0.3, 0.4) is 0 Å². The second-order valence-corrected chi connectivity index (χ2v) is 6.98. The van der Waals surface area contributed by atoms with Crippen molar-refractivity contribution in [1.29, 1.82) is 0 Å². The molecule has 0 aliphatic carbocycles. The number of hydrogen-bond acceptors (Lipinski definition) is 3. The van der Waals surface area contributed by atoms with Gasteiger partial charge in [0.1, 0.15) is 0 Å². The fourth-order valence-electron chi connectivity index (χ4n) is 2.80. The van der Waals surface area contributed by atoms with E-state index in [9.17, 15) is 9.59 Å². The molecule has 0 unspecified atom stereocenters. The van der Waals surface area contributed by atoms with Gasteiger partial charge in [-0.15, -0.1) is 0 Å². The number of nitrogens with one attached hydrogen (secondary N) is 2. The molecule has 6 heteroatoms. The van der Waals surface area contributed by atoms with Crippen LogP contribution >= 0.6 is 11.6 Å². The summed E-state index contributed by atoms with van der Waals surface area (Å²) in [5.74, 6) is 0.0168. The van der Waals surface area contributed by atoms with Crippen LogP contribution in [0, 0.1) is 0 Å². The Balaban J connectivity index is 1.74. The van der Waals surface area contributed by atoms with Gasteiger partial charge in [0.25, 0.3) is 0 Å². The third-order valence-electron chi connectivity index (χ3n) is 4.26. The van der Waals surface area contributed by atoms with E-state index in [0.29, 0.717) is 17.3 Å². The standard InChI is InChI=1S/C21H26ClN3O2/c1-3-16(17-7-5-4-6-8-17)13-23-20(26)14-25(2)15-21(27)24-19-11-9-18(22)10-12-19/h4-12,16H,3,13-15H2,1-2H3,(H,23,26)(H,24,27)/t16-/m1/s1. The maximum Gasteiger partial charge on any atom is 0.238 e. The molecule has 0 fully saturated rings. The molecule has 0 bridgehead atoms. The van der Waals surface area contributed by atoms with Crippen LogP contribution in [-0.4, -0.2) is 43.4 Å². The number of carbonyl (C=O) groups is 2. The van der Waals surface area contributed by atoms with Gasteiger partial charge in [-0.05, 0) is 43.3 Å². The minimum Gasteiger partial charge on any atom is -0.354 e. The van der Waals surface area contributed by atoms with Crippen LogP contribution in [0.4, 0.5) is 5.69 Å². The van der Waals surface area contributed by atoms with Crippen molar-refractivity contribution in [2.45, 2.75) is 19.3 Å². The van der Waals surface area contributed by atoms with Crippen molar-refractivity contribution in [3.05, 3.63) is 65.2 Å². The number of nitrogens with zero attached hydrogens (tertiary/aromatic N) is 1. The molecule has 2 aromatic carbocycles. The number of halogens is 1. The van der Waals surface area contributed by atoms with Crippen LogP contribution in [0.2, 0.25) is 5.02 Å². The molecule has 0 aromatic heterocycles. The van der Waals surface area contributed by atoms with Crippen LogP contribution < -0.4 is 10.6 Å². The first-order chi connectivity index (χ1) is 13.0. The lowest BCUT2D eigenvalue weighted by molar-refractivity contribution is -0.123. The molecule has 5 nitrogen and oxygen atoms in total. The Morgan fingerprint density at radius 2 is 1.63 bits per heavy atom. The summed E-state index contributed by atoms with van der Waals surface area (Å²) in [5.41, 5.74) is 1.90. The van der Waals surface area contributed by atoms with Gasteiger partial charge in [-0.1, -0.05) is 48.9 Å². The molecule has 144 valence electrons. The van der Waals surface area contributed by atoms with Gasteiger partial charge in [0.2, 0.25) is 11.8 Å². The quantitative estimate of drug-likeness (QED) is 0.692. The fraction of sp³-hybridized carbons (Fsp3) is 0.333. The van der Waals surface area contributed by atoms with E-state index in [1.165, 1.54) is 5.56 Å². The zero-order valence-corrected chi connectivity index (χ0v) is 16.5. The Hall–Kier alpha value is -2.37. The van der Waals surface area contributed by atoms with Gasteiger partial charge in [0.05, 0.1) is 13.1 Å². The van der Waals surface area contributed by atoms with Gasteiger partial charge in [-0.3, -0.25) is 14.5 Å². The summed E-state index contributed by atoms with van der Waals surface area (Å²) in [6.45, 7) is 2.99. The summed E-state index contributed by atoms with van der Waals surface area (Å²) < 4.78 is 0. The molecule has 0 radical (unpaired) electrons. The minimum atomic E-state index is -0.177. The van der Waals surface area contributed by atoms with Crippen LogP contribution in [0.1, 0.15) is 24.8 Å². The van der Waals surface area contributed by atoms with Crippen molar-refractivity contribution >= 4 is 29.1 Å².